The van der Waals surface area contributed by atoms with Crippen molar-refractivity contribution in [2.45, 2.75) is 264 Å². The normalized spacial score (nSPS) is 13.5. The van der Waals surface area contributed by atoms with E-state index in [-0.39, 0.29) is 24.9 Å². The molecule has 54 heavy (non-hydrogen) atoms. The number of carbonyl (C=O) groups excluding carboxylic acids is 2. The standard InChI is InChI=1S/C48H91NO5/c1-4-7-10-13-16-19-22-25-28-31-34-37-40-46(51)45(43-50)49-47(52)42-44(39-36-33-30-27-24-21-18-15-12-9-6-3)54-48(53)41-38-35-32-29-26-23-20-17-14-11-8-5-2/h27,30,36,39,44-46,50-51H,4-26,28-29,31-35,37-38,40-43H2,1-3H3,(H,49,52)/b30-27-,39-36+. The average Bonchev–Trinajstić information content (AvgIpc) is 3.16. The topological polar surface area (TPSA) is 95.9 Å². The zero-order valence-corrected chi connectivity index (χ0v) is 36.1. The van der Waals surface area contributed by atoms with Gasteiger partial charge in [0, 0.05) is 6.42 Å². The Morgan fingerprint density at radius 2 is 0.981 bits per heavy atom. The first-order valence-corrected chi connectivity index (χ1v) is 23.6. The minimum absolute atomic E-state index is 0.0238. The number of rotatable bonds is 42. The van der Waals surface area contributed by atoms with Crippen LogP contribution in [0.15, 0.2) is 24.3 Å². The van der Waals surface area contributed by atoms with E-state index >= 15 is 0 Å². The summed E-state index contributed by atoms with van der Waals surface area (Å²) in [7, 11) is 0. The predicted molar refractivity (Wildman–Crippen MR) is 232 cm³/mol. The summed E-state index contributed by atoms with van der Waals surface area (Å²) in [6.07, 6.45) is 46.9. The fourth-order valence-corrected chi connectivity index (χ4v) is 7.16. The molecule has 6 heteroatoms. The second-order valence-electron chi connectivity index (χ2n) is 16.2. The third-order valence-corrected chi connectivity index (χ3v) is 10.8. The van der Waals surface area contributed by atoms with E-state index in [1.54, 1.807) is 0 Å². The molecule has 0 heterocycles. The first-order chi connectivity index (χ1) is 26.5. The van der Waals surface area contributed by atoms with Gasteiger partial charge < -0.3 is 20.3 Å². The number of hydrogen-bond acceptors (Lipinski definition) is 5. The molecule has 318 valence electrons. The number of aliphatic hydroxyl groups excluding tert-OH is 2. The van der Waals surface area contributed by atoms with Crippen LogP contribution in [0.25, 0.3) is 0 Å². The fraction of sp³-hybridized carbons (Fsp3) is 0.875. The van der Waals surface area contributed by atoms with Crippen molar-refractivity contribution in [2.24, 2.45) is 0 Å². The van der Waals surface area contributed by atoms with Crippen LogP contribution < -0.4 is 5.32 Å². The molecule has 0 aliphatic carbocycles. The summed E-state index contributed by atoms with van der Waals surface area (Å²) in [6, 6.07) is -0.725. The van der Waals surface area contributed by atoms with Crippen LogP contribution in [0.3, 0.4) is 0 Å². The van der Waals surface area contributed by atoms with Crippen LogP contribution in [0.5, 0.6) is 0 Å². The third-order valence-electron chi connectivity index (χ3n) is 10.8. The van der Waals surface area contributed by atoms with Gasteiger partial charge in [-0.3, -0.25) is 9.59 Å². The number of aliphatic hydroxyl groups is 2. The van der Waals surface area contributed by atoms with Crippen LogP contribution in [-0.4, -0.2) is 46.9 Å². The lowest BCUT2D eigenvalue weighted by molar-refractivity contribution is -0.148. The van der Waals surface area contributed by atoms with E-state index < -0.39 is 18.2 Å². The highest BCUT2D eigenvalue weighted by Gasteiger charge is 2.23. The molecule has 0 aromatic carbocycles. The second-order valence-corrected chi connectivity index (χ2v) is 16.2. The molecule has 0 radical (unpaired) electrons. The quantitative estimate of drug-likeness (QED) is 0.0327. The number of amides is 1. The van der Waals surface area contributed by atoms with Gasteiger partial charge in [-0.2, -0.15) is 0 Å². The molecule has 0 aromatic rings. The van der Waals surface area contributed by atoms with Crippen molar-refractivity contribution in [2.75, 3.05) is 6.61 Å². The molecule has 3 unspecified atom stereocenters. The summed E-state index contributed by atoms with van der Waals surface area (Å²) < 4.78 is 5.80. The Bertz CT molecular complexity index is 858. The van der Waals surface area contributed by atoms with Crippen molar-refractivity contribution in [3.63, 3.8) is 0 Å². The van der Waals surface area contributed by atoms with E-state index in [1.807, 2.05) is 12.2 Å². The summed E-state index contributed by atoms with van der Waals surface area (Å²) in [6.45, 7) is 6.43. The first-order valence-electron chi connectivity index (χ1n) is 23.6. The Labute approximate surface area is 335 Å². The molecule has 0 rings (SSSR count). The fourth-order valence-electron chi connectivity index (χ4n) is 7.16. The number of nitrogens with one attached hydrogen (secondary N) is 1. The second kappa shape index (κ2) is 42.5. The van der Waals surface area contributed by atoms with E-state index in [0.29, 0.717) is 12.8 Å². The van der Waals surface area contributed by atoms with Crippen molar-refractivity contribution in [1.29, 1.82) is 0 Å². The smallest absolute Gasteiger partial charge is 0.306 e. The van der Waals surface area contributed by atoms with Gasteiger partial charge in [0.15, 0.2) is 0 Å². The Balaban J connectivity index is 4.63. The molecule has 0 bridgehead atoms. The summed E-state index contributed by atoms with van der Waals surface area (Å²) in [5.41, 5.74) is 0. The van der Waals surface area contributed by atoms with Crippen LogP contribution in [0.1, 0.15) is 245 Å². The lowest BCUT2D eigenvalue weighted by Crippen LogP contribution is -2.46. The molecule has 3 N–H and O–H groups in total. The average molecular weight is 762 g/mol. The zero-order chi connectivity index (χ0) is 39.6. The lowest BCUT2D eigenvalue weighted by atomic mass is 10.0. The van der Waals surface area contributed by atoms with Crippen molar-refractivity contribution in [3.05, 3.63) is 24.3 Å². The van der Waals surface area contributed by atoms with Gasteiger partial charge in [0.1, 0.15) is 6.10 Å². The molecular formula is C48H91NO5. The van der Waals surface area contributed by atoms with Crippen molar-refractivity contribution in [1.82, 2.24) is 5.32 Å². The molecule has 6 nitrogen and oxygen atoms in total. The van der Waals surface area contributed by atoms with Crippen LogP contribution >= 0.6 is 0 Å². The summed E-state index contributed by atoms with van der Waals surface area (Å²) >= 11 is 0. The highest BCUT2D eigenvalue weighted by molar-refractivity contribution is 5.78. The predicted octanol–water partition coefficient (Wildman–Crippen LogP) is 13.6. The molecule has 3 atom stereocenters. The van der Waals surface area contributed by atoms with Crippen LogP contribution in [0.4, 0.5) is 0 Å². The SMILES string of the molecule is CCCCCCCC/C=C\C/C=C/C(CC(=O)NC(CO)C(O)CCCCCCCCCCCCCC)OC(=O)CCCCCCCCCCCCCC. The summed E-state index contributed by atoms with van der Waals surface area (Å²) in [5.74, 6) is -0.594. The minimum atomic E-state index is -0.804. The van der Waals surface area contributed by atoms with Gasteiger partial charge in [-0.15, -0.1) is 0 Å². The van der Waals surface area contributed by atoms with Crippen LogP contribution in [0, 0.1) is 0 Å². The number of hydrogen-bond donors (Lipinski definition) is 3. The molecule has 0 saturated carbocycles. The maximum Gasteiger partial charge on any atom is 0.306 e. The van der Waals surface area contributed by atoms with Gasteiger partial charge in [-0.05, 0) is 38.2 Å². The number of allylic oxidation sites excluding steroid dienone is 3. The van der Waals surface area contributed by atoms with E-state index in [1.165, 1.54) is 154 Å². The van der Waals surface area contributed by atoms with Crippen molar-refractivity contribution < 1.29 is 24.5 Å². The number of carbonyl (C=O) groups is 2. The number of unbranched alkanes of at least 4 members (excludes halogenated alkanes) is 28. The Kier molecular flexibility index (Phi) is 41.2. The monoisotopic (exact) mass is 762 g/mol. The van der Waals surface area contributed by atoms with Crippen molar-refractivity contribution in [3.8, 4) is 0 Å². The molecule has 0 fully saturated rings. The molecule has 0 aromatic heterocycles. The first kappa shape index (κ1) is 52.3. The highest BCUT2D eigenvalue weighted by atomic mass is 16.5. The summed E-state index contributed by atoms with van der Waals surface area (Å²) in [5, 5.41) is 23.6. The third kappa shape index (κ3) is 37.3. The Morgan fingerprint density at radius 1 is 0.556 bits per heavy atom. The minimum Gasteiger partial charge on any atom is -0.458 e. The van der Waals surface area contributed by atoms with E-state index in [9.17, 15) is 19.8 Å². The Hall–Kier alpha value is -1.66. The molecule has 1 amide bonds. The maximum absolute atomic E-state index is 13.1. The Morgan fingerprint density at radius 3 is 1.44 bits per heavy atom. The zero-order valence-electron chi connectivity index (χ0n) is 36.1. The largest absolute Gasteiger partial charge is 0.458 e. The van der Waals surface area contributed by atoms with E-state index in [2.05, 4.69) is 38.2 Å². The lowest BCUT2D eigenvalue weighted by Gasteiger charge is -2.23. The van der Waals surface area contributed by atoms with Gasteiger partial charge >= 0.3 is 5.97 Å². The molecule has 0 aliphatic rings. The summed E-state index contributed by atoms with van der Waals surface area (Å²) in [4.78, 5) is 25.9. The van der Waals surface area contributed by atoms with Crippen molar-refractivity contribution >= 4 is 11.9 Å². The van der Waals surface area contributed by atoms with Crippen LogP contribution in [0.2, 0.25) is 0 Å². The molecule has 0 aliphatic heterocycles. The van der Waals surface area contributed by atoms with Gasteiger partial charge in [0.2, 0.25) is 5.91 Å². The van der Waals surface area contributed by atoms with E-state index in [4.69, 9.17) is 4.74 Å². The van der Waals surface area contributed by atoms with Gasteiger partial charge in [0.05, 0.1) is 25.2 Å². The van der Waals surface area contributed by atoms with Crippen LogP contribution in [-0.2, 0) is 14.3 Å². The van der Waals surface area contributed by atoms with E-state index in [0.717, 1.165) is 51.4 Å². The molecule has 0 saturated heterocycles. The van der Waals surface area contributed by atoms with Gasteiger partial charge in [-0.1, -0.05) is 219 Å². The number of esters is 1. The highest BCUT2D eigenvalue weighted by Crippen LogP contribution is 2.16. The van der Waals surface area contributed by atoms with Gasteiger partial charge in [0.25, 0.3) is 0 Å². The van der Waals surface area contributed by atoms with Gasteiger partial charge in [-0.25, -0.2) is 0 Å². The molecule has 0 spiro atoms. The maximum atomic E-state index is 13.1. The number of ether oxygens (including phenoxy) is 1. The molecular weight excluding hydrogens is 671 g/mol.